The molecule has 112 valence electrons. The maximum absolute atomic E-state index is 11.4. The summed E-state index contributed by atoms with van der Waals surface area (Å²) in [5.74, 6) is 0.824. The van der Waals surface area contributed by atoms with Gasteiger partial charge in [0.15, 0.2) is 0 Å². The molecule has 2 rings (SSSR count). The number of hydrogen-bond acceptors (Lipinski definition) is 3. The van der Waals surface area contributed by atoms with Gasteiger partial charge in [-0.2, -0.15) is 0 Å². The van der Waals surface area contributed by atoms with Gasteiger partial charge in [-0.05, 0) is 30.5 Å². The van der Waals surface area contributed by atoms with E-state index in [1.54, 1.807) is 6.07 Å². The predicted octanol–water partition coefficient (Wildman–Crippen LogP) is 1.49. The minimum Gasteiger partial charge on any atom is -0.321 e. The Hall–Kier alpha value is -1.66. The minimum absolute atomic E-state index is 0.349. The van der Waals surface area contributed by atoms with E-state index in [1.165, 1.54) is 12.1 Å². The number of fused-ring (bicyclic) bond motifs is 1. The molecule has 0 atom stereocenters. The lowest BCUT2D eigenvalue weighted by Gasteiger charge is -2.06. The fourth-order valence-electron chi connectivity index (χ4n) is 1.91. The standard InChI is InChI=1S/C12H12ClN2O5P/c13-8-5-7(3-1-2-4-21(18,19)20)10-9(6-8)14-11(16)12(17)15-10/h2,4-6H,1,3H2,(H,14,16)(H,15,17)(H2,18,19,20). The van der Waals surface area contributed by atoms with Crippen molar-refractivity contribution in [2.75, 3.05) is 0 Å². The van der Waals surface area contributed by atoms with Crippen LogP contribution in [0.1, 0.15) is 12.0 Å². The molecule has 0 fully saturated rings. The molecule has 0 radical (unpaired) electrons. The summed E-state index contributed by atoms with van der Waals surface area (Å²) in [5, 5.41) is 0.388. The Labute approximate surface area is 123 Å². The van der Waals surface area contributed by atoms with E-state index in [9.17, 15) is 14.2 Å². The van der Waals surface area contributed by atoms with Crippen molar-refractivity contribution in [2.24, 2.45) is 0 Å². The van der Waals surface area contributed by atoms with Gasteiger partial charge >= 0.3 is 18.7 Å². The molecule has 9 heteroatoms. The lowest BCUT2D eigenvalue weighted by atomic mass is 10.1. The highest BCUT2D eigenvalue weighted by Gasteiger charge is 2.08. The quantitative estimate of drug-likeness (QED) is 0.499. The number of aromatic amines is 2. The molecule has 0 aliphatic rings. The molecule has 1 heterocycles. The fraction of sp³-hybridized carbons (Fsp3) is 0.167. The van der Waals surface area contributed by atoms with Crippen molar-refractivity contribution in [2.45, 2.75) is 12.8 Å². The van der Waals surface area contributed by atoms with E-state index in [0.717, 1.165) is 5.82 Å². The molecule has 7 nitrogen and oxygen atoms in total. The summed E-state index contributed by atoms with van der Waals surface area (Å²) in [5.41, 5.74) is -0.00944. The van der Waals surface area contributed by atoms with E-state index < -0.39 is 18.7 Å². The normalized spacial score (nSPS) is 12.3. The molecule has 2 aromatic rings. The number of aromatic nitrogens is 2. The van der Waals surface area contributed by atoms with E-state index in [2.05, 4.69) is 9.97 Å². The molecule has 4 N–H and O–H groups in total. The molecule has 0 saturated carbocycles. The van der Waals surface area contributed by atoms with Crippen LogP contribution in [0.4, 0.5) is 0 Å². The smallest absolute Gasteiger partial charge is 0.321 e. The molecule has 0 spiro atoms. The van der Waals surface area contributed by atoms with Crippen molar-refractivity contribution in [1.29, 1.82) is 0 Å². The Morgan fingerprint density at radius 3 is 2.52 bits per heavy atom. The van der Waals surface area contributed by atoms with Gasteiger partial charge in [-0.1, -0.05) is 17.7 Å². The second-order valence-electron chi connectivity index (χ2n) is 4.41. The van der Waals surface area contributed by atoms with Gasteiger partial charge in [-0.3, -0.25) is 14.2 Å². The van der Waals surface area contributed by atoms with Crippen LogP contribution in [0.3, 0.4) is 0 Å². The molecule has 0 saturated heterocycles. The highest BCUT2D eigenvalue weighted by molar-refractivity contribution is 7.55. The summed E-state index contributed by atoms with van der Waals surface area (Å²) in [7, 11) is -4.17. The number of nitrogens with one attached hydrogen (secondary N) is 2. The molecular weight excluding hydrogens is 319 g/mol. The zero-order valence-electron chi connectivity index (χ0n) is 10.7. The number of rotatable bonds is 4. The monoisotopic (exact) mass is 330 g/mol. The Balaban J connectivity index is 2.37. The number of aryl methyl sites for hydroxylation is 1. The largest absolute Gasteiger partial charge is 0.348 e. The van der Waals surface area contributed by atoms with E-state index in [-0.39, 0.29) is 0 Å². The number of benzene rings is 1. The van der Waals surface area contributed by atoms with Crippen LogP contribution in [0.5, 0.6) is 0 Å². The second kappa shape index (κ2) is 5.99. The first-order valence-corrected chi connectivity index (χ1v) is 8.00. The van der Waals surface area contributed by atoms with Crippen LogP contribution in [-0.2, 0) is 11.0 Å². The Kier molecular flexibility index (Phi) is 4.49. The summed E-state index contributed by atoms with van der Waals surface area (Å²) in [6.07, 6.45) is 2.11. The van der Waals surface area contributed by atoms with E-state index in [1.807, 2.05) is 0 Å². The highest BCUT2D eigenvalue weighted by atomic mass is 35.5. The Morgan fingerprint density at radius 1 is 1.19 bits per heavy atom. The summed E-state index contributed by atoms with van der Waals surface area (Å²) in [6, 6.07) is 3.15. The lowest BCUT2D eigenvalue weighted by molar-refractivity contribution is 0.386. The van der Waals surface area contributed by atoms with Crippen LogP contribution < -0.4 is 11.1 Å². The summed E-state index contributed by atoms with van der Waals surface area (Å²) >= 11 is 5.94. The Morgan fingerprint density at radius 2 is 1.86 bits per heavy atom. The van der Waals surface area contributed by atoms with Gasteiger partial charge < -0.3 is 19.8 Å². The fourth-order valence-corrected chi connectivity index (χ4v) is 2.57. The zero-order valence-corrected chi connectivity index (χ0v) is 12.3. The SMILES string of the molecule is O=c1[nH]c2cc(Cl)cc(CCC=CP(=O)(O)O)c2[nH]c1=O. The molecular formula is C12H12ClN2O5P. The van der Waals surface area contributed by atoms with Crippen molar-refractivity contribution >= 4 is 30.2 Å². The topological polar surface area (TPSA) is 123 Å². The molecule has 0 amide bonds. The average Bonchev–Trinajstić information content (AvgIpc) is 2.35. The van der Waals surface area contributed by atoms with E-state index in [4.69, 9.17) is 21.4 Å². The van der Waals surface area contributed by atoms with Crippen LogP contribution in [-0.4, -0.2) is 19.8 Å². The van der Waals surface area contributed by atoms with Crippen molar-refractivity contribution in [3.8, 4) is 0 Å². The molecule has 21 heavy (non-hydrogen) atoms. The van der Waals surface area contributed by atoms with Gasteiger partial charge in [0.1, 0.15) is 0 Å². The van der Waals surface area contributed by atoms with Gasteiger partial charge in [-0.25, -0.2) is 0 Å². The maximum atomic E-state index is 11.4. The first-order valence-electron chi connectivity index (χ1n) is 5.94. The number of hydrogen-bond donors (Lipinski definition) is 4. The minimum atomic E-state index is -4.17. The maximum Gasteiger partial charge on any atom is 0.348 e. The number of H-pyrrole nitrogens is 2. The van der Waals surface area contributed by atoms with Crippen molar-refractivity contribution in [3.05, 3.63) is 55.3 Å². The van der Waals surface area contributed by atoms with Crippen molar-refractivity contribution in [3.63, 3.8) is 0 Å². The molecule has 1 aromatic heterocycles. The van der Waals surface area contributed by atoms with Crippen molar-refractivity contribution in [1.82, 2.24) is 9.97 Å². The van der Waals surface area contributed by atoms with E-state index >= 15 is 0 Å². The predicted molar refractivity (Wildman–Crippen MR) is 79.7 cm³/mol. The molecule has 0 bridgehead atoms. The van der Waals surface area contributed by atoms with Crippen LogP contribution in [0.25, 0.3) is 11.0 Å². The summed E-state index contributed by atoms with van der Waals surface area (Å²) in [4.78, 5) is 45.0. The third kappa shape index (κ3) is 4.15. The van der Waals surface area contributed by atoms with Crippen LogP contribution in [0.2, 0.25) is 5.02 Å². The van der Waals surface area contributed by atoms with Gasteiger partial charge in [0.05, 0.1) is 11.0 Å². The lowest BCUT2D eigenvalue weighted by Crippen LogP contribution is -2.29. The number of allylic oxidation sites excluding steroid dienone is 1. The molecule has 0 unspecified atom stereocenters. The zero-order chi connectivity index (χ0) is 15.6. The van der Waals surface area contributed by atoms with Crippen LogP contribution >= 0.6 is 19.2 Å². The van der Waals surface area contributed by atoms with E-state index in [0.29, 0.717) is 34.5 Å². The van der Waals surface area contributed by atoms with Gasteiger partial charge in [0, 0.05) is 10.8 Å². The van der Waals surface area contributed by atoms with Crippen LogP contribution in [0, 0.1) is 0 Å². The Bertz CT molecular complexity index is 864. The highest BCUT2D eigenvalue weighted by Crippen LogP contribution is 2.36. The summed E-state index contributed by atoms with van der Waals surface area (Å²) < 4.78 is 10.7. The third-order valence-corrected chi connectivity index (χ3v) is 3.58. The second-order valence-corrected chi connectivity index (χ2v) is 6.32. The molecule has 1 aromatic carbocycles. The first-order chi connectivity index (χ1) is 9.76. The van der Waals surface area contributed by atoms with Gasteiger partial charge in [-0.15, -0.1) is 0 Å². The first kappa shape index (κ1) is 15.7. The average molecular weight is 331 g/mol. The van der Waals surface area contributed by atoms with Gasteiger partial charge in [0.25, 0.3) is 0 Å². The van der Waals surface area contributed by atoms with Gasteiger partial charge in [0.2, 0.25) is 0 Å². The number of halogens is 1. The van der Waals surface area contributed by atoms with Crippen molar-refractivity contribution < 1.29 is 14.4 Å². The summed E-state index contributed by atoms with van der Waals surface area (Å²) in [6.45, 7) is 0. The van der Waals surface area contributed by atoms with Crippen LogP contribution in [0.15, 0.2) is 33.6 Å². The molecule has 0 aliphatic heterocycles. The molecule has 0 aliphatic carbocycles. The third-order valence-electron chi connectivity index (χ3n) is 2.76.